The lowest BCUT2D eigenvalue weighted by molar-refractivity contribution is 0.0657. The van der Waals surface area contributed by atoms with Crippen LogP contribution in [0.2, 0.25) is 15.1 Å². The van der Waals surface area contributed by atoms with Gasteiger partial charge >= 0.3 is 0 Å². The van der Waals surface area contributed by atoms with Crippen LogP contribution in [0.5, 0.6) is 0 Å². The molecular formula is C22H21Cl3N4O. The zero-order valence-electron chi connectivity index (χ0n) is 16.7. The molecule has 1 aliphatic heterocycles. The highest BCUT2D eigenvalue weighted by molar-refractivity contribution is 6.35. The largest absolute Gasteiger partial charge is 0.335 e. The van der Waals surface area contributed by atoms with E-state index in [1.54, 1.807) is 22.9 Å². The van der Waals surface area contributed by atoms with Crippen molar-refractivity contribution in [1.29, 1.82) is 0 Å². The number of hydrogen-bond acceptors (Lipinski definition) is 3. The molecule has 2 aromatic carbocycles. The summed E-state index contributed by atoms with van der Waals surface area (Å²) in [5, 5.41) is 6.35. The first-order chi connectivity index (χ1) is 14.3. The molecule has 1 fully saturated rings. The average Bonchev–Trinajstić information content (AvgIpc) is 3.05. The molecule has 0 bridgehead atoms. The molecule has 5 nitrogen and oxygen atoms in total. The van der Waals surface area contributed by atoms with Gasteiger partial charge < -0.3 is 9.80 Å². The van der Waals surface area contributed by atoms with E-state index in [0.29, 0.717) is 39.5 Å². The maximum atomic E-state index is 13.3. The van der Waals surface area contributed by atoms with Crippen LogP contribution < -0.4 is 0 Å². The van der Waals surface area contributed by atoms with Gasteiger partial charge in [-0.1, -0.05) is 46.9 Å². The fourth-order valence-corrected chi connectivity index (χ4v) is 4.25. The fourth-order valence-electron chi connectivity index (χ4n) is 3.63. The molecule has 8 heteroatoms. The molecule has 0 N–H and O–H groups in total. The van der Waals surface area contributed by atoms with Crippen molar-refractivity contribution in [2.45, 2.75) is 6.92 Å². The van der Waals surface area contributed by atoms with Gasteiger partial charge in [0, 0.05) is 47.4 Å². The van der Waals surface area contributed by atoms with Crippen molar-refractivity contribution in [3.8, 4) is 16.9 Å². The van der Waals surface area contributed by atoms with Crippen LogP contribution in [0, 0.1) is 6.92 Å². The molecule has 0 aliphatic carbocycles. The molecule has 0 radical (unpaired) electrons. The zero-order chi connectivity index (χ0) is 21.4. The van der Waals surface area contributed by atoms with Gasteiger partial charge in [0.25, 0.3) is 5.91 Å². The molecule has 3 aromatic rings. The van der Waals surface area contributed by atoms with E-state index in [1.165, 1.54) is 0 Å². The normalized spacial score (nSPS) is 14.9. The summed E-state index contributed by atoms with van der Waals surface area (Å²) >= 11 is 18.7. The lowest BCUT2D eigenvalue weighted by Gasteiger charge is -2.32. The van der Waals surface area contributed by atoms with Crippen LogP contribution in [-0.2, 0) is 0 Å². The van der Waals surface area contributed by atoms with Gasteiger partial charge in [-0.25, -0.2) is 4.68 Å². The standard InChI is InChI=1S/C22H21Cl3N4O/c1-14-20(22(30)28-11-9-27(2)10-12-28)26-29(19-8-7-17(24)13-18(19)25)21(14)15-3-5-16(23)6-4-15/h3-8,13H,9-12H2,1-2H3. The van der Waals surface area contributed by atoms with Gasteiger partial charge in [-0.3, -0.25) is 4.79 Å². The van der Waals surface area contributed by atoms with Crippen LogP contribution in [0.15, 0.2) is 42.5 Å². The summed E-state index contributed by atoms with van der Waals surface area (Å²) in [7, 11) is 2.06. The Hall–Kier alpha value is -2.05. The Morgan fingerprint density at radius 2 is 1.57 bits per heavy atom. The third kappa shape index (κ3) is 4.08. The Labute approximate surface area is 190 Å². The molecule has 1 aliphatic rings. The van der Waals surface area contributed by atoms with Gasteiger partial charge in [-0.15, -0.1) is 0 Å². The van der Waals surface area contributed by atoms with Crippen LogP contribution in [0.1, 0.15) is 16.1 Å². The maximum absolute atomic E-state index is 13.3. The van der Waals surface area contributed by atoms with Crippen molar-refractivity contribution in [2.75, 3.05) is 33.2 Å². The molecule has 156 valence electrons. The van der Waals surface area contributed by atoms with Crippen molar-refractivity contribution in [2.24, 2.45) is 0 Å². The smallest absolute Gasteiger partial charge is 0.274 e. The van der Waals surface area contributed by atoms with E-state index in [1.807, 2.05) is 36.1 Å². The summed E-state index contributed by atoms with van der Waals surface area (Å²) in [4.78, 5) is 17.4. The molecule has 1 amide bonds. The average molecular weight is 464 g/mol. The molecule has 30 heavy (non-hydrogen) atoms. The number of benzene rings is 2. The number of halogens is 3. The summed E-state index contributed by atoms with van der Waals surface area (Å²) in [5.41, 5.74) is 3.58. The summed E-state index contributed by atoms with van der Waals surface area (Å²) in [6, 6.07) is 12.7. The highest BCUT2D eigenvalue weighted by Crippen LogP contribution is 2.33. The van der Waals surface area contributed by atoms with E-state index in [9.17, 15) is 4.79 Å². The molecule has 1 aromatic heterocycles. The number of piperazine rings is 1. The molecule has 0 atom stereocenters. The van der Waals surface area contributed by atoms with Crippen LogP contribution >= 0.6 is 34.8 Å². The molecule has 0 spiro atoms. The number of hydrogen-bond donors (Lipinski definition) is 0. The SMILES string of the molecule is Cc1c(C(=O)N2CCN(C)CC2)nn(-c2ccc(Cl)cc2Cl)c1-c1ccc(Cl)cc1. The van der Waals surface area contributed by atoms with E-state index < -0.39 is 0 Å². The Bertz CT molecular complexity index is 1090. The highest BCUT2D eigenvalue weighted by Gasteiger charge is 2.28. The van der Waals surface area contributed by atoms with E-state index in [-0.39, 0.29) is 5.91 Å². The summed E-state index contributed by atoms with van der Waals surface area (Å²) in [6.07, 6.45) is 0. The minimum absolute atomic E-state index is 0.0698. The second-order valence-electron chi connectivity index (χ2n) is 7.43. The molecule has 4 rings (SSSR count). The lowest BCUT2D eigenvalue weighted by Crippen LogP contribution is -2.47. The van der Waals surface area contributed by atoms with Crippen molar-refractivity contribution in [1.82, 2.24) is 19.6 Å². The van der Waals surface area contributed by atoms with E-state index >= 15 is 0 Å². The van der Waals surface area contributed by atoms with Crippen LogP contribution in [-0.4, -0.2) is 58.7 Å². The predicted octanol–water partition coefficient (Wildman–Crippen LogP) is 5.20. The van der Waals surface area contributed by atoms with Gasteiger partial charge in [-0.2, -0.15) is 5.10 Å². The van der Waals surface area contributed by atoms with Gasteiger partial charge in [0.15, 0.2) is 5.69 Å². The Kier molecular flexibility index (Phi) is 6.07. The number of rotatable bonds is 3. The first-order valence-electron chi connectivity index (χ1n) is 9.64. The number of nitrogens with zero attached hydrogens (tertiary/aromatic N) is 4. The number of carbonyl (C=O) groups excluding carboxylic acids is 1. The van der Waals surface area contributed by atoms with Gasteiger partial charge in [-0.05, 0) is 44.3 Å². The molecule has 2 heterocycles. The zero-order valence-corrected chi connectivity index (χ0v) is 19.0. The number of aromatic nitrogens is 2. The van der Waals surface area contributed by atoms with Crippen LogP contribution in [0.3, 0.4) is 0 Å². The maximum Gasteiger partial charge on any atom is 0.274 e. The van der Waals surface area contributed by atoms with Crippen LogP contribution in [0.25, 0.3) is 16.9 Å². The second-order valence-corrected chi connectivity index (χ2v) is 8.71. The minimum atomic E-state index is -0.0698. The summed E-state index contributed by atoms with van der Waals surface area (Å²) < 4.78 is 1.72. The van der Waals surface area contributed by atoms with Gasteiger partial charge in [0.05, 0.1) is 16.4 Å². The second kappa shape index (κ2) is 8.60. The molecular weight excluding hydrogens is 443 g/mol. The first-order valence-corrected chi connectivity index (χ1v) is 10.8. The number of carbonyl (C=O) groups is 1. The third-order valence-corrected chi connectivity index (χ3v) is 6.16. The summed E-state index contributed by atoms with van der Waals surface area (Å²) in [6.45, 7) is 4.97. The van der Waals surface area contributed by atoms with Gasteiger partial charge in [0.2, 0.25) is 0 Å². The van der Waals surface area contributed by atoms with Gasteiger partial charge in [0.1, 0.15) is 0 Å². The van der Waals surface area contributed by atoms with Crippen molar-refractivity contribution < 1.29 is 4.79 Å². The summed E-state index contributed by atoms with van der Waals surface area (Å²) in [5.74, 6) is -0.0698. The lowest BCUT2D eigenvalue weighted by atomic mass is 10.1. The highest BCUT2D eigenvalue weighted by atomic mass is 35.5. The van der Waals surface area contributed by atoms with E-state index in [0.717, 1.165) is 29.9 Å². The Balaban J connectivity index is 1.85. The minimum Gasteiger partial charge on any atom is -0.335 e. The topological polar surface area (TPSA) is 41.4 Å². The molecule has 0 unspecified atom stereocenters. The monoisotopic (exact) mass is 462 g/mol. The third-order valence-electron chi connectivity index (χ3n) is 5.37. The van der Waals surface area contributed by atoms with Crippen molar-refractivity contribution >= 4 is 40.7 Å². The van der Waals surface area contributed by atoms with E-state index in [2.05, 4.69) is 11.9 Å². The van der Waals surface area contributed by atoms with E-state index in [4.69, 9.17) is 39.9 Å². The molecule has 1 saturated heterocycles. The predicted molar refractivity (Wildman–Crippen MR) is 122 cm³/mol. The molecule has 0 saturated carbocycles. The Morgan fingerprint density at radius 1 is 0.933 bits per heavy atom. The first kappa shape index (κ1) is 21.2. The van der Waals surface area contributed by atoms with Crippen molar-refractivity contribution in [3.63, 3.8) is 0 Å². The van der Waals surface area contributed by atoms with Crippen molar-refractivity contribution in [3.05, 3.63) is 68.8 Å². The number of amides is 1. The fraction of sp³-hybridized carbons (Fsp3) is 0.273. The number of likely N-dealkylation sites (N-methyl/N-ethyl adjacent to an activating group) is 1. The van der Waals surface area contributed by atoms with Crippen LogP contribution in [0.4, 0.5) is 0 Å². The quantitative estimate of drug-likeness (QED) is 0.536. The Morgan fingerprint density at radius 3 is 2.20 bits per heavy atom.